The molecule has 1 aromatic carbocycles. The van der Waals surface area contributed by atoms with E-state index in [4.69, 9.17) is 4.74 Å². The van der Waals surface area contributed by atoms with Gasteiger partial charge < -0.3 is 20.1 Å². The summed E-state index contributed by atoms with van der Waals surface area (Å²) in [6.07, 6.45) is 6.41. The van der Waals surface area contributed by atoms with Gasteiger partial charge in [-0.2, -0.15) is 0 Å². The molecule has 2 aliphatic rings. The van der Waals surface area contributed by atoms with Crippen LogP contribution in [0, 0.1) is 10.4 Å². The van der Waals surface area contributed by atoms with Crippen LogP contribution < -0.4 is 14.9 Å². The van der Waals surface area contributed by atoms with Gasteiger partial charge in [0, 0.05) is 37.7 Å². The first kappa shape index (κ1) is 18.2. The highest BCUT2D eigenvalue weighted by Crippen LogP contribution is 2.24. The van der Waals surface area contributed by atoms with E-state index < -0.39 is 0 Å². The number of aromatic nitrogens is 3. The van der Waals surface area contributed by atoms with E-state index in [-0.39, 0.29) is 5.95 Å². The number of nitrogens with zero attached hydrogens (tertiary/aromatic N) is 4. The molecule has 2 heterocycles. The highest BCUT2D eigenvalue weighted by molar-refractivity contribution is 5.71. The van der Waals surface area contributed by atoms with Crippen LogP contribution in [0.4, 0.5) is 5.95 Å². The molecule has 1 saturated heterocycles. The van der Waals surface area contributed by atoms with Crippen LogP contribution >= 0.6 is 0 Å². The average Bonchev–Trinajstić information content (AvgIpc) is 3.15. The summed E-state index contributed by atoms with van der Waals surface area (Å²) in [6, 6.07) is 3.67. The molecule has 0 radical (unpaired) electrons. The van der Waals surface area contributed by atoms with Crippen molar-refractivity contribution in [1.29, 1.82) is 0 Å². The summed E-state index contributed by atoms with van der Waals surface area (Å²) in [6.45, 7) is 3.65. The highest BCUT2D eigenvalue weighted by atomic mass is 16.5. The van der Waals surface area contributed by atoms with Gasteiger partial charge in [-0.1, -0.05) is 0 Å². The van der Waals surface area contributed by atoms with Gasteiger partial charge in [0.05, 0.1) is 12.6 Å². The molecule has 4 rings (SSSR count). The molecule has 0 spiro atoms. The fourth-order valence-electron chi connectivity index (χ4n) is 4.19. The van der Waals surface area contributed by atoms with Crippen molar-refractivity contribution in [2.75, 3.05) is 38.6 Å². The Morgan fingerprint density at radius 3 is 2.59 bits per heavy atom. The zero-order chi connectivity index (χ0) is 18.8. The molecule has 8 heteroatoms. The van der Waals surface area contributed by atoms with Gasteiger partial charge in [-0.25, -0.2) is 4.73 Å². The summed E-state index contributed by atoms with van der Waals surface area (Å²) >= 11 is 0. The number of rotatable bonds is 6. The molecular formula is C19H27N5O3. The van der Waals surface area contributed by atoms with Crippen LogP contribution in [0.3, 0.4) is 0 Å². The molecular weight excluding hydrogens is 346 g/mol. The number of nitrogens with one attached hydrogen (secondary N) is 1. The van der Waals surface area contributed by atoms with Gasteiger partial charge in [0.25, 0.3) is 5.52 Å². The maximum Gasteiger partial charge on any atom is 0.460 e. The monoisotopic (exact) mass is 373 g/mol. The summed E-state index contributed by atoms with van der Waals surface area (Å²) in [4.78, 5) is 2.98. The Morgan fingerprint density at radius 2 is 1.89 bits per heavy atom. The lowest BCUT2D eigenvalue weighted by molar-refractivity contribution is -0.672. The molecule has 8 nitrogen and oxygen atoms in total. The number of aryl methyl sites for hydroxylation is 2. The molecule has 1 aliphatic carbocycles. The molecule has 1 aliphatic heterocycles. The average molecular weight is 373 g/mol. The molecule has 0 atom stereocenters. The van der Waals surface area contributed by atoms with E-state index in [1.54, 1.807) is 7.11 Å². The standard InChI is InChI=1S/C19H27N5O3/c1-27-16-6-10-22(11-7-16)9-3-8-20-19-21-24(26)18-13-15-5-2-4-14(15)12-17(18)23(19)25/h12-13,16H,2-11H2,1H3,(H,20,21). The molecule has 27 heavy (non-hydrogen) atoms. The zero-order valence-corrected chi connectivity index (χ0v) is 15.8. The van der Waals surface area contributed by atoms with Crippen LogP contribution in [-0.4, -0.2) is 49.4 Å². The van der Waals surface area contributed by atoms with Gasteiger partial charge in [-0.05, 0) is 55.7 Å². The molecule has 0 unspecified atom stereocenters. The second-order valence-electron chi connectivity index (χ2n) is 7.51. The SMILES string of the molecule is COC1CCN(CCCNc2n[n+]([O-])c3cc4c(cc3[n+]2[O-])CCC4)CC1. The van der Waals surface area contributed by atoms with Crippen LogP contribution in [0.5, 0.6) is 0 Å². The van der Waals surface area contributed by atoms with Gasteiger partial charge >= 0.3 is 5.95 Å². The summed E-state index contributed by atoms with van der Waals surface area (Å²) in [5.74, 6) is 0.0774. The molecule has 0 bridgehead atoms. The van der Waals surface area contributed by atoms with Crippen molar-refractivity contribution in [1.82, 2.24) is 10.00 Å². The molecule has 1 fully saturated rings. The van der Waals surface area contributed by atoms with Crippen molar-refractivity contribution >= 4 is 17.0 Å². The summed E-state index contributed by atoms with van der Waals surface area (Å²) < 4.78 is 6.15. The fourth-order valence-corrected chi connectivity index (χ4v) is 4.19. The number of piperidine rings is 1. The number of anilines is 1. The summed E-state index contributed by atoms with van der Waals surface area (Å²) in [5.41, 5.74) is 3.07. The van der Waals surface area contributed by atoms with Gasteiger partial charge in [0.2, 0.25) is 5.10 Å². The van der Waals surface area contributed by atoms with Crippen molar-refractivity contribution < 1.29 is 14.3 Å². The fraction of sp³-hybridized carbons (Fsp3) is 0.632. The number of likely N-dealkylation sites (tertiary alicyclic amines) is 1. The Hall–Kier alpha value is -2.19. The smallest absolute Gasteiger partial charge is 0.460 e. The van der Waals surface area contributed by atoms with E-state index >= 15 is 0 Å². The lowest BCUT2D eigenvalue weighted by Gasteiger charge is -2.30. The first-order valence-electron chi connectivity index (χ1n) is 9.83. The number of benzene rings is 1. The lowest BCUT2D eigenvalue weighted by Crippen LogP contribution is -2.44. The van der Waals surface area contributed by atoms with E-state index in [0.29, 0.717) is 28.5 Å². The third-order valence-electron chi connectivity index (χ3n) is 5.79. The second kappa shape index (κ2) is 7.82. The minimum Gasteiger partial charge on any atom is -0.739 e. The Bertz CT molecular complexity index is 821. The van der Waals surface area contributed by atoms with Crippen molar-refractivity contribution in [2.45, 2.75) is 44.6 Å². The molecule has 2 aromatic rings. The Kier molecular flexibility index (Phi) is 5.27. The van der Waals surface area contributed by atoms with Crippen molar-refractivity contribution in [3.63, 3.8) is 0 Å². The molecule has 0 saturated carbocycles. The largest absolute Gasteiger partial charge is 0.739 e. The minimum atomic E-state index is 0.0774. The van der Waals surface area contributed by atoms with Gasteiger partial charge in [-0.3, -0.25) is 5.32 Å². The Balaban J connectivity index is 1.38. The normalized spacial score (nSPS) is 18.1. The topological polar surface area (TPSA) is 91.3 Å². The van der Waals surface area contributed by atoms with Gasteiger partial charge in [0.1, 0.15) is 0 Å². The number of fused-ring (bicyclic) bond motifs is 2. The summed E-state index contributed by atoms with van der Waals surface area (Å²) in [7, 11) is 1.77. The Morgan fingerprint density at radius 1 is 1.19 bits per heavy atom. The lowest BCUT2D eigenvalue weighted by atomic mass is 10.1. The van der Waals surface area contributed by atoms with Crippen LogP contribution in [0.2, 0.25) is 0 Å². The van der Waals surface area contributed by atoms with E-state index in [1.165, 1.54) is 5.56 Å². The maximum absolute atomic E-state index is 12.7. The highest BCUT2D eigenvalue weighted by Gasteiger charge is 2.24. The van der Waals surface area contributed by atoms with Crippen LogP contribution in [0.1, 0.15) is 36.8 Å². The quantitative estimate of drug-likeness (QED) is 0.460. The third kappa shape index (κ3) is 3.77. The molecule has 146 valence electrons. The zero-order valence-electron chi connectivity index (χ0n) is 15.8. The van der Waals surface area contributed by atoms with E-state index in [1.807, 2.05) is 12.1 Å². The van der Waals surface area contributed by atoms with Gasteiger partial charge in [-0.15, -0.1) is 0 Å². The molecule has 0 amide bonds. The van der Waals surface area contributed by atoms with Crippen molar-refractivity contribution in [3.05, 3.63) is 33.7 Å². The number of hydrogen-bond donors (Lipinski definition) is 1. The van der Waals surface area contributed by atoms with Crippen LogP contribution in [-0.2, 0) is 17.6 Å². The molecule has 1 N–H and O–H groups in total. The van der Waals surface area contributed by atoms with Crippen molar-refractivity contribution in [3.8, 4) is 0 Å². The van der Waals surface area contributed by atoms with E-state index in [2.05, 4.69) is 15.3 Å². The minimum absolute atomic E-state index is 0.0774. The predicted octanol–water partition coefficient (Wildman–Crippen LogP) is 0.903. The number of ether oxygens (including phenoxy) is 1. The van der Waals surface area contributed by atoms with Crippen LogP contribution in [0.15, 0.2) is 12.1 Å². The van der Waals surface area contributed by atoms with Crippen LogP contribution in [0.25, 0.3) is 11.0 Å². The Labute approximate surface area is 158 Å². The molecule has 1 aromatic heterocycles. The number of hydrogen-bond acceptors (Lipinski definition) is 6. The number of methoxy groups -OCH3 is 1. The first-order valence-corrected chi connectivity index (χ1v) is 9.83. The summed E-state index contributed by atoms with van der Waals surface area (Å²) in [5, 5.41) is 31.9. The van der Waals surface area contributed by atoms with Gasteiger partial charge in [0.15, 0.2) is 5.52 Å². The first-order chi connectivity index (χ1) is 13.2. The third-order valence-corrected chi connectivity index (χ3v) is 5.79. The van der Waals surface area contributed by atoms with E-state index in [0.717, 1.165) is 68.5 Å². The van der Waals surface area contributed by atoms with E-state index in [9.17, 15) is 10.4 Å². The van der Waals surface area contributed by atoms with Crippen molar-refractivity contribution in [2.24, 2.45) is 0 Å². The maximum atomic E-state index is 12.7. The predicted molar refractivity (Wildman–Crippen MR) is 101 cm³/mol. The second-order valence-corrected chi connectivity index (χ2v) is 7.51.